The second-order valence-corrected chi connectivity index (χ2v) is 9.17. The van der Waals surface area contributed by atoms with Crippen molar-refractivity contribution in [3.8, 4) is 11.4 Å². The number of aryl methyl sites for hydroxylation is 2. The zero-order valence-corrected chi connectivity index (χ0v) is 18.8. The molecule has 158 valence electrons. The first-order valence-electron chi connectivity index (χ1n) is 9.99. The average molecular weight is 427 g/mol. The standard InChI is InChI=1S/C23H27FN4OS/c1-14(2)13-28-21(18-8-6-7-9-19(18)24)26-27-23(28)30-17(5)22(29)25-20-11-10-15(3)12-16(20)4/h6-12,14,17H,13H2,1-5H3,(H,25,29). The van der Waals surface area contributed by atoms with E-state index in [9.17, 15) is 9.18 Å². The third kappa shape index (κ3) is 5.08. The molecule has 3 aromatic rings. The molecule has 1 heterocycles. The van der Waals surface area contributed by atoms with E-state index in [0.717, 1.165) is 16.8 Å². The van der Waals surface area contributed by atoms with E-state index in [0.29, 0.717) is 29.0 Å². The number of halogens is 1. The minimum absolute atomic E-state index is 0.113. The molecule has 2 aromatic carbocycles. The van der Waals surface area contributed by atoms with E-state index in [1.165, 1.54) is 17.8 Å². The van der Waals surface area contributed by atoms with E-state index in [1.54, 1.807) is 18.2 Å². The molecule has 0 saturated heterocycles. The van der Waals surface area contributed by atoms with Crippen LogP contribution < -0.4 is 5.32 Å². The molecule has 30 heavy (non-hydrogen) atoms. The summed E-state index contributed by atoms with van der Waals surface area (Å²) in [7, 11) is 0. The highest BCUT2D eigenvalue weighted by atomic mass is 32.2. The van der Waals surface area contributed by atoms with Gasteiger partial charge in [0.25, 0.3) is 0 Å². The number of nitrogens with one attached hydrogen (secondary N) is 1. The number of aromatic nitrogens is 3. The number of amides is 1. The van der Waals surface area contributed by atoms with Crippen LogP contribution in [-0.4, -0.2) is 25.9 Å². The minimum atomic E-state index is -0.394. The van der Waals surface area contributed by atoms with Gasteiger partial charge in [0.05, 0.1) is 10.8 Å². The molecular formula is C23H27FN4OS. The van der Waals surface area contributed by atoms with Gasteiger partial charge in [-0.05, 0) is 50.5 Å². The molecule has 0 aliphatic heterocycles. The Balaban J connectivity index is 1.83. The first-order chi connectivity index (χ1) is 14.3. The highest BCUT2D eigenvalue weighted by molar-refractivity contribution is 8.00. The first kappa shape index (κ1) is 22.0. The molecule has 1 aromatic heterocycles. The van der Waals surface area contributed by atoms with Crippen LogP contribution in [0.3, 0.4) is 0 Å². The summed E-state index contributed by atoms with van der Waals surface area (Å²) in [6, 6.07) is 12.5. The number of rotatable bonds is 7. The largest absolute Gasteiger partial charge is 0.325 e. The molecule has 0 fully saturated rings. The van der Waals surface area contributed by atoms with E-state index in [4.69, 9.17) is 0 Å². The number of thioether (sulfide) groups is 1. The zero-order valence-electron chi connectivity index (χ0n) is 17.9. The van der Waals surface area contributed by atoms with Crippen molar-refractivity contribution < 1.29 is 9.18 Å². The lowest BCUT2D eigenvalue weighted by molar-refractivity contribution is -0.115. The molecule has 0 spiro atoms. The maximum atomic E-state index is 14.3. The van der Waals surface area contributed by atoms with Gasteiger partial charge >= 0.3 is 0 Å². The summed E-state index contributed by atoms with van der Waals surface area (Å²) >= 11 is 1.32. The summed E-state index contributed by atoms with van der Waals surface area (Å²) < 4.78 is 16.2. The molecule has 1 amide bonds. The Bertz CT molecular complexity index is 1050. The predicted molar refractivity (Wildman–Crippen MR) is 120 cm³/mol. The zero-order chi connectivity index (χ0) is 21.8. The van der Waals surface area contributed by atoms with Crippen LogP contribution in [0.4, 0.5) is 10.1 Å². The molecule has 0 aliphatic rings. The van der Waals surface area contributed by atoms with Crippen LogP contribution in [0.2, 0.25) is 0 Å². The first-order valence-corrected chi connectivity index (χ1v) is 10.9. The lowest BCUT2D eigenvalue weighted by atomic mass is 10.1. The van der Waals surface area contributed by atoms with E-state index < -0.39 is 5.25 Å². The van der Waals surface area contributed by atoms with E-state index in [1.807, 2.05) is 43.5 Å². The Morgan fingerprint density at radius 3 is 2.53 bits per heavy atom. The van der Waals surface area contributed by atoms with E-state index in [2.05, 4.69) is 29.4 Å². The normalized spacial score (nSPS) is 12.2. The average Bonchev–Trinajstić information content (AvgIpc) is 3.05. The van der Waals surface area contributed by atoms with Crippen molar-refractivity contribution in [3.05, 3.63) is 59.4 Å². The van der Waals surface area contributed by atoms with Crippen LogP contribution in [0.1, 0.15) is 31.9 Å². The summed E-state index contributed by atoms with van der Waals surface area (Å²) in [5, 5.41) is 11.7. The molecule has 0 aliphatic carbocycles. The van der Waals surface area contributed by atoms with Gasteiger partial charge < -0.3 is 9.88 Å². The van der Waals surface area contributed by atoms with Crippen LogP contribution >= 0.6 is 11.8 Å². The third-order valence-corrected chi connectivity index (χ3v) is 5.75. The number of anilines is 1. The molecule has 3 rings (SSSR count). The van der Waals surface area contributed by atoms with Crippen molar-refractivity contribution in [2.24, 2.45) is 5.92 Å². The number of carbonyl (C=O) groups excluding carboxylic acids is 1. The van der Waals surface area contributed by atoms with Crippen LogP contribution in [-0.2, 0) is 11.3 Å². The molecule has 7 heteroatoms. The molecule has 0 saturated carbocycles. The number of carbonyl (C=O) groups is 1. The van der Waals surface area contributed by atoms with Gasteiger partial charge in [-0.15, -0.1) is 10.2 Å². The van der Waals surface area contributed by atoms with Gasteiger partial charge in [0.15, 0.2) is 11.0 Å². The maximum Gasteiger partial charge on any atom is 0.237 e. The smallest absolute Gasteiger partial charge is 0.237 e. The summed E-state index contributed by atoms with van der Waals surface area (Å²) in [6.07, 6.45) is 0. The predicted octanol–water partition coefficient (Wildman–Crippen LogP) is 5.48. The summed E-state index contributed by atoms with van der Waals surface area (Å²) in [4.78, 5) is 12.8. The van der Waals surface area contributed by atoms with E-state index in [-0.39, 0.29) is 11.7 Å². The Morgan fingerprint density at radius 1 is 1.13 bits per heavy atom. The number of hydrogen-bond donors (Lipinski definition) is 1. The van der Waals surface area contributed by atoms with Gasteiger partial charge in [0, 0.05) is 12.2 Å². The molecule has 1 unspecified atom stereocenters. The second-order valence-electron chi connectivity index (χ2n) is 7.86. The highest BCUT2D eigenvalue weighted by Gasteiger charge is 2.23. The minimum Gasteiger partial charge on any atom is -0.325 e. The summed E-state index contributed by atoms with van der Waals surface area (Å²) in [5.74, 6) is 0.335. The molecule has 5 nitrogen and oxygen atoms in total. The highest BCUT2D eigenvalue weighted by Crippen LogP contribution is 2.29. The van der Waals surface area contributed by atoms with Crippen molar-refractivity contribution in [3.63, 3.8) is 0 Å². The number of nitrogens with zero attached hydrogens (tertiary/aromatic N) is 3. The molecule has 0 bridgehead atoms. The molecular weight excluding hydrogens is 399 g/mol. The fourth-order valence-electron chi connectivity index (χ4n) is 3.15. The Kier molecular flexibility index (Phi) is 6.92. The van der Waals surface area contributed by atoms with Crippen LogP contribution in [0.15, 0.2) is 47.6 Å². The second kappa shape index (κ2) is 9.43. The van der Waals surface area contributed by atoms with Crippen molar-refractivity contribution in [1.29, 1.82) is 0 Å². The lowest BCUT2D eigenvalue weighted by Gasteiger charge is -2.16. The van der Waals surface area contributed by atoms with Crippen molar-refractivity contribution in [1.82, 2.24) is 14.8 Å². The summed E-state index contributed by atoms with van der Waals surface area (Å²) in [6.45, 7) is 10.6. The monoisotopic (exact) mass is 426 g/mol. The van der Waals surface area contributed by atoms with Gasteiger partial charge in [-0.2, -0.15) is 0 Å². The molecule has 1 N–H and O–H groups in total. The number of hydrogen-bond acceptors (Lipinski definition) is 4. The lowest BCUT2D eigenvalue weighted by Crippen LogP contribution is -2.23. The molecule has 0 radical (unpaired) electrons. The Hall–Kier alpha value is -2.67. The van der Waals surface area contributed by atoms with Crippen LogP contribution in [0.5, 0.6) is 0 Å². The van der Waals surface area contributed by atoms with Crippen molar-refractivity contribution in [2.45, 2.75) is 51.6 Å². The van der Waals surface area contributed by atoms with Gasteiger partial charge in [-0.1, -0.05) is 55.4 Å². The Labute approximate surface area is 181 Å². The van der Waals surface area contributed by atoms with Gasteiger partial charge in [-0.25, -0.2) is 4.39 Å². The molecule has 1 atom stereocenters. The Morgan fingerprint density at radius 2 is 1.87 bits per heavy atom. The van der Waals surface area contributed by atoms with Gasteiger partial charge in [-0.3, -0.25) is 4.79 Å². The van der Waals surface area contributed by atoms with Crippen molar-refractivity contribution >= 4 is 23.4 Å². The maximum absolute atomic E-state index is 14.3. The summed E-state index contributed by atoms with van der Waals surface area (Å²) in [5.41, 5.74) is 3.37. The number of benzene rings is 2. The fraction of sp³-hybridized carbons (Fsp3) is 0.348. The quantitative estimate of drug-likeness (QED) is 0.509. The van der Waals surface area contributed by atoms with E-state index >= 15 is 0 Å². The van der Waals surface area contributed by atoms with Crippen LogP contribution in [0.25, 0.3) is 11.4 Å². The van der Waals surface area contributed by atoms with Crippen molar-refractivity contribution in [2.75, 3.05) is 5.32 Å². The van der Waals surface area contributed by atoms with Gasteiger partial charge in [0.2, 0.25) is 5.91 Å². The SMILES string of the molecule is Cc1ccc(NC(=O)C(C)Sc2nnc(-c3ccccc3F)n2CC(C)C)c(C)c1. The third-order valence-electron chi connectivity index (χ3n) is 4.67. The van der Waals surface area contributed by atoms with Gasteiger partial charge in [0.1, 0.15) is 5.82 Å². The van der Waals surface area contributed by atoms with Crippen LogP contribution in [0, 0.1) is 25.6 Å². The fourth-order valence-corrected chi connectivity index (χ4v) is 4.01. The topological polar surface area (TPSA) is 59.8 Å².